The highest BCUT2D eigenvalue weighted by Crippen LogP contribution is 2.28. The second-order valence-electron chi connectivity index (χ2n) is 5.73. The quantitative estimate of drug-likeness (QED) is 0.588. The number of nitrogens with two attached hydrogens (primary N) is 1. The van der Waals surface area contributed by atoms with Crippen LogP contribution in [0, 0.1) is 24.0 Å². The van der Waals surface area contributed by atoms with Gasteiger partial charge in [-0.15, -0.1) is 0 Å². The zero-order chi connectivity index (χ0) is 17.3. The van der Waals surface area contributed by atoms with Gasteiger partial charge in [0, 0.05) is 24.2 Å². The van der Waals surface area contributed by atoms with Gasteiger partial charge in [0.25, 0.3) is 5.69 Å². The van der Waals surface area contributed by atoms with Gasteiger partial charge >= 0.3 is 0 Å². The van der Waals surface area contributed by atoms with E-state index >= 15 is 0 Å². The maximum absolute atomic E-state index is 11.1. The summed E-state index contributed by atoms with van der Waals surface area (Å²) in [5.74, 6) is 0. The van der Waals surface area contributed by atoms with E-state index in [1.807, 2.05) is 48.9 Å². The number of non-ortho nitro benzene ring substituents is 1. The zero-order valence-corrected chi connectivity index (χ0v) is 13.6. The Hall–Kier alpha value is -2.99. The minimum Gasteiger partial charge on any atom is -0.325 e. The molecule has 0 bridgehead atoms. The number of rotatable bonds is 4. The molecule has 1 aromatic heterocycles. The molecule has 0 radical (unpaired) electrons. The first-order chi connectivity index (χ1) is 11.5. The second-order valence-corrected chi connectivity index (χ2v) is 5.73. The van der Waals surface area contributed by atoms with E-state index in [0.29, 0.717) is 6.54 Å². The molecule has 6 nitrogen and oxygen atoms in total. The van der Waals surface area contributed by atoms with E-state index < -0.39 is 4.92 Å². The van der Waals surface area contributed by atoms with Crippen molar-refractivity contribution in [2.75, 3.05) is 0 Å². The fourth-order valence-electron chi connectivity index (χ4n) is 2.65. The number of hydrogen-bond acceptors (Lipinski definition) is 4. The van der Waals surface area contributed by atoms with Gasteiger partial charge in [-0.2, -0.15) is 5.10 Å². The van der Waals surface area contributed by atoms with Crippen LogP contribution in [0.4, 0.5) is 5.69 Å². The minimum atomic E-state index is -0.397. The Morgan fingerprint density at radius 2 is 1.96 bits per heavy atom. The summed E-state index contributed by atoms with van der Waals surface area (Å²) in [4.78, 5) is 10.7. The van der Waals surface area contributed by atoms with Crippen LogP contribution in [0.15, 0.2) is 48.5 Å². The highest BCUT2D eigenvalue weighted by molar-refractivity contribution is 5.66. The number of aryl methyl sites for hydroxylation is 2. The molecule has 0 atom stereocenters. The molecule has 0 aliphatic rings. The fraction of sp³-hybridized carbons (Fsp3) is 0.167. The van der Waals surface area contributed by atoms with Crippen LogP contribution in [0.2, 0.25) is 0 Å². The zero-order valence-electron chi connectivity index (χ0n) is 13.6. The van der Waals surface area contributed by atoms with Crippen LogP contribution >= 0.6 is 0 Å². The lowest BCUT2D eigenvalue weighted by molar-refractivity contribution is -0.384. The molecule has 6 heteroatoms. The van der Waals surface area contributed by atoms with E-state index in [1.165, 1.54) is 6.07 Å². The highest BCUT2D eigenvalue weighted by atomic mass is 16.6. The predicted octanol–water partition coefficient (Wildman–Crippen LogP) is 3.52. The monoisotopic (exact) mass is 322 g/mol. The van der Waals surface area contributed by atoms with E-state index in [-0.39, 0.29) is 5.69 Å². The van der Waals surface area contributed by atoms with Gasteiger partial charge in [0.1, 0.15) is 0 Å². The fourth-order valence-corrected chi connectivity index (χ4v) is 2.65. The molecule has 0 aliphatic carbocycles. The SMILES string of the molecule is Cc1ccc(C)c(-n2nc(CN)cc2-c2cccc([N+](=O)[O-])c2)c1. The van der Waals surface area contributed by atoms with Crippen molar-refractivity contribution >= 4 is 5.69 Å². The summed E-state index contributed by atoms with van der Waals surface area (Å²) >= 11 is 0. The minimum absolute atomic E-state index is 0.0514. The number of benzene rings is 2. The largest absolute Gasteiger partial charge is 0.325 e. The van der Waals surface area contributed by atoms with Gasteiger partial charge in [0.05, 0.1) is 22.0 Å². The molecule has 0 unspecified atom stereocenters. The van der Waals surface area contributed by atoms with Crippen molar-refractivity contribution < 1.29 is 4.92 Å². The first-order valence-electron chi connectivity index (χ1n) is 7.61. The second kappa shape index (κ2) is 6.25. The van der Waals surface area contributed by atoms with Gasteiger partial charge in [0.2, 0.25) is 0 Å². The van der Waals surface area contributed by atoms with Gasteiger partial charge in [-0.3, -0.25) is 10.1 Å². The normalized spacial score (nSPS) is 10.8. The Bertz CT molecular complexity index is 915. The number of nitrogens with zero attached hydrogens (tertiary/aromatic N) is 3. The molecular formula is C18H18N4O2. The maximum Gasteiger partial charge on any atom is 0.270 e. The average molecular weight is 322 g/mol. The van der Waals surface area contributed by atoms with Crippen LogP contribution in [0.25, 0.3) is 16.9 Å². The molecule has 24 heavy (non-hydrogen) atoms. The van der Waals surface area contributed by atoms with E-state index in [1.54, 1.807) is 12.1 Å². The van der Waals surface area contributed by atoms with Crippen molar-refractivity contribution in [2.24, 2.45) is 5.73 Å². The van der Waals surface area contributed by atoms with Gasteiger partial charge < -0.3 is 5.73 Å². The maximum atomic E-state index is 11.1. The Balaban J connectivity index is 2.22. The standard InChI is InChI=1S/C18H18N4O2/c1-12-6-7-13(2)17(8-12)21-18(10-15(11-19)20-21)14-4-3-5-16(9-14)22(23)24/h3-10H,11,19H2,1-2H3. The van der Waals surface area contributed by atoms with Crippen LogP contribution in [0.3, 0.4) is 0 Å². The van der Waals surface area contributed by atoms with Crippen molar-refractivity contribution in [2.45, 2.75) is 20.4 Å². The average Bonchev–Trinajstić information content (AvgIpc) is 3.01. The van der Waals surface area contributed by atoms with Crippen LogP contribution < -0.4 is 5.73 Å². The molecular weight excluding hydrogens is 304 g/mol. The number of hydrogen-bond donors (Lipinski definition) is 1. The molecule has 3 rings (SSSR count). The molecule has 2 N–H and O–H groups in total. The van der Waals surface area contributed by atoms with E-state index in [2.05, 4.69) is 5.10 Å². The van der Waals surface area contributed by atoms with Gasteiger partial charge in [-0.1, -0.05) is 24.3 Å². The smallest absolute Gasteiger partial charge is 0.270 e. The third kappa shape index (κ3) is 2.91. The molecule has 0 fully saturated rings. The molecule has 0 saturated carbocycles. The Labute approximate surface area is 139 Å². The summed E-state index contributed by atoms with van der Waals surface area (Å²) in [7, 11) is 0. The molecule has 0 saturated heterocycles. The van der Waals surface area contributed by atoms with E-state index in [0.717, 1.165) is 33.8 Å². The van der Waals surface area contributed by atoms with Crippen LogP contribution in [-0.4, -0.2) is 14.7 Å². The lowest BCUT2D eigenvalue weighted by atomic mass is 10.1. The Kier molecular flexibility index (Phi) is 4.14. The molecule has 0 amide bonds. The van der Waals surface area contributed by atoms with Crippen LogP contribution in [0.1, 0.15) is 16.8 Å². The van der Waals surface area contributed by atoms with Gasteiger partial charge in [0.15, 0.2) is 0 Å². The summed E-state index contributed by atoms with van der Waals surface area (Å²) < 4.78 is 1.81. The Morgan fingerprint density at radius 1 is 1.17 bits per heavy atom. The topological polar surface area (TPSA) is 87.0 Å². The van der Waals surface area contributed by atoms with E-state index in [4.69, 9.17) is 5.73 Å². The van der Waals surface area contributed by atoms with Crippen molar-refractivity contribution in [3.63, 3.8) is 0 Å². The van der Waals surface area contributed by atoms with Crippen molar-refractivity contribution in [1.82, 2.24) is 9.78 Å². The van der Waals surface area contributed by atoms with E-state index in [9.17, 15) is 10.1 Å². The lowest BCUT2D eigenvalue weighted by Gasteiger charge is -2.11. The summed E-state index contributed by atoms with van der Waals surface area (Å²) in [5, 5.41) is 15.6. The third-order valence-corrected chi connectivity index (χ3v) is 3.91. The first-order valence-corrected chi connectivity index (χ1v) is 7.61. The molecule has 122 valence electrons. The van der Waals surface area contributed by atoms with Crippen molar-refractivity contribution in [3.05, 3.63) is 75.5 Å². The number of nitro groups is 1. The van der Waals surface area contributed by atoms with Crippen LogP contribution in [0.5, 0.6) is 0 Å². The van der Waals surface area contributed by atoms with Gasteiger partial charge in [-0.05, 0) is 37.1 Å². The third-order valence-electron chi connectivity index (χ3n) is 3.91. The molecule has 3 aromatic rings. The van der Waals surface area contributed by atoms with Crippen molar-refractivity contribution in [3.8, 4) is 16.9 Å². The van der Waals surface area contributed by atoms with Crippen molar-refractivity contribution in [1.29, 1.82) is 0 Å². The molecule has 0 spiro atoms. The predicted molar refractivity (Wildman–Crippen MR) is 93.0 cm³/mol. The molecule has 2 aromatic carbocycles. The molecule has 0 aliphatic heterocycles. The summed E-state index contributed by atoms with van der Waals surface area (Å²) in [6.45, 7) is 4.33. The van der Waals surface area contributed by atoms with Gasteiger partial charge in [-0.25, -0.2) is 4.68 Å². The first kappa shape index (κ1) is 15.9. The molecule has 1 heterocycles. The van der Waals surface area contributed by atoms with Crippen LogP contribution in [-0.2, 0) is 6.54 Å². The summed E-state index contributed by atoms with van der Waals surface area (Å²) in [6, 6.07) is 14.5. The summed E-state index contributed by atoms with van der Waals surface area (Å²) in [5.41, 5.74) is 11.2. The highest BCUT2D eigenvalue weighted by Gasteiger charge is 2.15. The summed E-state index contributed by atoms with van der Waals surface area (Å²) in [6.07, 6.45) is 0. The number of aromatic nitrogens is 2. The lowest BCUT2D eigenvalue weighted by Crippen LogP contribution is -2.04. The number of nitro benzene ring substituents is 1. The Morgan fingerprint density at radius 3 is 2.67 bits per heavy atom.